The van der Waals surface area contributed by atoms with Crippen LogP contribution in [-0.4, -0.2) is 22.2 Å². The fourth-order valence-corrected chi connectivity index (χ4v) is 3.09. The van der Waals surface area contributed by atoms with Gasteiger partial charge in [0.1, 0.15) is 5.84 Å². The number of nitrogens with one attached hydrogen (secondary N) is 1. The Morgan fingerprint density at radius 1 is 1.50 bits per heavy atom. The Hall–Kier alpha value is -2.86. The maximum absolute atomic E-state index is 9.45. The number of nitrogens with zero attached hydrogens (tertiary/aromatic N) is 5. The highest BCUT2D eigenvalue weighted by molar-refractivity contribution is 6.09. The topological polar surface area (TPSA) is 89.8 Å². The molecule has 6 heteroatoms. The summed E-state index contributed by atoms with van der Waals surface area (Å²) in [5.74, 6) is 0.868. The van der Waals surface area contributed by atoms with E-state index < -0.39 is 5.41 Å². The summed E-state index contributed by atoms with van der Waals surface area (Å²) in [4.78, 5) is 4.46. The Bertz CT molecular complexity index is 807. The minimum atomic E-state index is -0.427. The summed E-state index contributed by atoms with van der Waals surface area (Å²) in [5, 5.41) is 26.2. The Labute approximate surface area is 141 Å². The standard InChI is InChI=1S/C18H20N6/c1-3-21-17-15(5-9-22-17)13(2)14-10-23-24(11-14)16(4-8-19)18(12-20)6-7-18/h5,9-11,16H,3-4,6-7H2,1-2H3,(H,21,22)/b15-13+. The molecule has 1 N–H and O–H groups in total. The molecule has 0 aromatic carbocycles. The lowest BCUT2D eigenvalue weighted by atomic mass is 9.96. The second-order valence-electron chi connectivity index (χ2n) is 6.19. The van der Waals surface area contributed by atoms with E-state index in [1.165, 1.54) is 0 Å². The average Bonchev–Trinajstić information content (AvgIpc) is 3.00. The van der Waals surface area contributed by atoms with E-state index >= 15 is 0 Å². The number of hydrogen-bond donors (Lipinski definition) is 1. The molecule has 0 saturated heterocycles. The van der Waals surface area contributed by atoms with Crippen LogP contribution >= 0.6 is 0 Å². The number of aromatic nitrogens is 2. The van der Waals surface area contributed by atoms with Gasteiger partial charge in [-0.3, -0.25) is 9.67 Å². The van der Waals surface area contributed by atoms with Crippen molar-refractivity contribution in [2.75, 3.05) is 6.54 Å². The zero-order chi connectivity index (χ0) is 17.2. The molecule has 3 rings (SSSR count). The smallest absolute Gasteiger partial charge is 0.132 e. The van der Waals surface area contributed by atoms with E-state index in [2.05, 4.69) is 27.5 Å². The van der Waals surface area contributed by atoms with Gasteiger partial charge < -0.3 is 5.32 Å². The van der Waals surface area contributed by atoms with Crippen LogP contribution in [-0.2, 0) is 0 Å². The molecule has 1 unspecified atom stereocenters. The van der Waals surface area contributed by atoms with Gasteiger partial charge in [-0.25, -0.2) is 0 Å². The Morgan fingerprint density at radius 3 is 2.92 bits per heavy atom. The largest absolute Gasteiger partial charge is 0.346 e. The molecule has 1 aliphatic heterocycles. The first kappa shape index (κ1) is 16.0. The second kappa shape index (κ2) is 6.33. The van der Waals surface area contributed by atoms with Crippen LogP contribution in [0.2, 0.25) is 0 Å². The molecule has 122 valence electrons. The third kappa shape index (κ3) is 2.72. The van der Waals surface area contributed by atoms with Gasteiger partial charge in [0.25, 0.3) is 0 Å². The maximum Gasteiger partial charge on any atom is 0.132 e. The minimum absolute atomic E-state index is 0.180. The highest BCUT2D eigenvalue weighted by Gasteiger charge is 2.51. The molecule has 0 spiro atoms. The quantitative estimate of drug-likeness (QED) is 0.903. The molecule has 24 heavy (non-hydrogen) atoms. The van der Waals surface area contributed by atoms with E-state index in [0.717, 1.165) is 41.9 Å². The van der Waals surface area contributed by atoms with Crippen LogP contribution in [0.1, 0.15) is 44.7 Å². The van der Waals surface area contributed by atoms with Crippen molar-refractivity contribution in [1.82, 2.24) is 15.1 Å². The van der Waals surface area contributed by atoms with Crippen molar-refractivity contribution in [2.45, 2.75) is 39.2 Å². The van der Waals surface area contributed by atoms with E-state index in [-0.39, 0.29) is 6.04 Å². The Balaban J connectivity index is 1.93. The highest BCUT2D eigenvalue weighted by atomic mass is 15.3. The first-order chi connectivity index (χ1) is 11.6. The fraction of sp³-hybridized carbons (Fsp3) is 0.444. The summed E-state index contributed by atoms with van der Waals surface area (Å²) in [7, 11) is 0. The summed E-state index contributed by atoms with van der Waals surface area (Å²) >= 11 is 0. The van der Waals surface area contributed by atoms with Gasteiger partial charge in [0.05, 0.1) is 36.2 Å². The third-order valence-corrected chi connectivity index (χ3v) is 4.73. The van der Waals surface area contributed by atoms with Gasteiger partial charge in [0.15, 0.2) is 0 Å². The number of rotatable bonds is 5. The van der Waals surface area contributed by atoms with Crippen molar-refractivity contribution in [2.24, 2.45) is 10.4 Å². The molecule has 2 heterocycles. The summed E-state index contributed by atoms with van der Waals surface area (Å²) in [6.07, 6.45) is 9.61. The van der Waals surface area contributed by atoms with E-state index in [0.29, 0.717) is 6.42 Å². The monoisotopic (exact) mass is 320 g/mol. The predicted octanol–water partition coefficient (Wildman–Crippen LogP) is 2.95. The predicted molar refractivity (Wildman–Crippen MR) is 91.6 cm³/mol. The zero-order valence-electron chi connectivity index (χ0n) is 14.0. The lowest BCUT2D eigenvalue weighted by Crippen LogP contribution is -2.19. The summed E-state index contributed by atoms with van der Waals surface area (Å²) in [6.45, 7) is 4.76. The summed E-state index contributed by atoms with van der Waals surface area (Å²) in [6, 6.07) is 4.41. The first-order valence-corrected chi connectivity index (χ1v) is 8.16. The van der Waals surface area contributed by atoms with Crippen molar-refractivity contribution in [3.05, 3.63) is 35.8 Å². The van der Waals surface area contributed by atoms with Crippen molar-refractivity contribution in [1.29, 1.82) is 10.5 Å². The lowest BCUT2D eigenvalue weighted by Gasteiger charge is -2.18. The average molecular weight is 320 g/mol. The molecule has 0 radical (unpaired) electrons. The van der Waals surface area contributed by atoms with Crippen molar-refractivity contribution in [3.8, 4) is 12.1 Å². The molecule has 1 aromatic rings. The van der Waals surface area contributed by atoms with E-state index in [1.54, 1.807) is 10.9 Å². The number of allylic oxidation sites excluding steroid dienone is 1. The molecule has 2 aliphatic rings. The Kier molecular flexibility index (Phi) is 4.22. The molecular weight excluding hydrogens is 300 g/mol. The maximum atomic E-state index is 9.45. The van der Waals surface area contributed by atoms with Crippen LogP contribution in [0.5, 0.6) is 0 Å². The number of aliphatic imine (C=N–C) groups is 1. The van der Waals surface area contributed by atoms with E-state index in [9.17, 15) is 5.26 Å². The van der Waals surface area contributed by atoms with Gasteiger partial charge in [-0.1, -0.05) is 0 Å². The normalized spacial score (nSPS) is 22.6. The van der Waals surface area contributed by atoms with E-state index in [1.807, 2.05) is 32.3 Å². The van der Waals surface area contributed by atoms with Gasteiger partial charge in [-0.2, -0.15) is 15.6 Å². The number of amidine groups is 1. The highest BCUT2D eigenvalue weighted by Crippen LogP contribution is 2.54. The fourth-order valence-electron chi connectivity index (χ4n) is 3.09. The zero-order valence-corrected chi connectivity index (χ0v) is 14.0. The van der Waals surface area contributed by atoms with Crippen molar-refractivity contribution in [3.63, 3.8) is 0 Å². The molecule has 1 saturated carbocycles. The minimum Gasteiger partial charge on any atom is -0.346 e. The first-order valence-electron chi connectivity index (χ1n) is 8.16. The second-order valence-corrected chi connectivity index (χ2v) is 6.19. The van der Waals surface area contributed by atoms with E-state index in [4.69, 9.17) is 5.26 Å². The number of nitriles is 2. The molecule has 0 bridgehead atoms. The molecule has 1 atom stereocenters. The molecule has 0 amide bonds. The van der Waals surface area contributed by atoms with Crippen LogP contribution in [0.3, 0.4) is 0 Å². The molecule has 6 nitrogen and oxygen atoms in total. The number of hydrogen-bond acceptors (Lipinski definition) is 4. The van der Waals surface area contributed by atoms with Crippen molar-refractivity contribution < 1.29 is 0 Å². The SMILES string of the molecule is CCN=C1NC=C/C1=C(/C)c1cnn(C(CC#N)C2(C#N)CC2)c1. The van der Waals surface area contributed by atoms with Gasteiger partial charge in [-0.15, -0.1) is 0 Å². The summed E-state index contributed by atoms with van der Waals surface area (Å²) < 4.78 is 1.79. The van der Waals surface area contributed by atoms with Gasteiger partial charge in [0, 0.05) is 30.1 Å². The van der Waals surface area contributed by atoms with Crippen LogP contribution in [0.15, 0.2) is 35.2 Å². The molecule has 1 fully saturated rings. The van der Waals surface area contributed by atoms with Crippen LogP contribution in [0, 0.1) is 28.1 Å². The molecule has 1 aromatic heterocycles. The lowest BCUT2D eigenvalue weighted by molar-refractivity contribution is 0.350. The Morgan fingerprint density at radius 2 is 2.29 bits per heavy atom. The summed E-state index contributed by atoms with van der Waals surface area (Å²) in [5.41, 5.74) is 2.68. The van der Waals surface area contributed by atoms with Crippen LogP contribution < -0.4 is 5.32 Å². The van der Waals surface area contributed by atoms with Crippen molar-refractivity contribution >= 4 is 11.4 Å². The van der Waals surface area contributed by atoms with Gasteiger partial charge in [0.2, 0.25) is 0 Å². The van der Waals surface area contributed by atoms with Crippen LogP contribution in [0.4, 0.5) is 0 Å². The molecule has 1 aliphatic carbocycles. The van der Waals surface area contributed by atoms with Gasteiger partial charge in [-0.05, 0) is 38.3 Å². The molecular formula is C18H20N6. The third-order valence-electron chi connectivity index (χ3n) is 4.73. The van der Waals surface area contributed by atoms with Gasteiger partial charge >= 0.3 is 0 Å². The van der Waals surface area contributed by atoms with Crippen LogP contribution in [0.25, 0.3) is 5.57 Å².